The molecule has 0 bridgehead atoms. The van der Waals surface area contributed by atoms with Gasteiger partial charge in [0.25, 0.3) is 0 Å². The molecule has 0 fully saturated rings. The summed E-state index contributed by atoms with van der Waals surface area (Å²) in [5, 5.41) is 2.67. The van der Waals surface area contributed by atoms with E-state index < -0.39 is 0 Å². The first kappa shape index (κ1) is 12.7. The van der Waals surface area contributed by atoms with Gasteiger partial charge < -0.3 is 5.32 Å². The largest absolute Gasteiger partial charge is 0.326 e. The number of nitrogens with one attached hydrogen (secondary N) is 1. The lowest BCUT2D eigenvalue weighted by Gasteiger charge is -2.11. The third-order valence-electron chi connectivity index (χ3n) is 2.41. The van der Waals surface area contributed by atoms with E-state index in [4.69, 9.17) is 0 Å². The van der Waals surface area contributed by atoms with Crippen LogP contribution in [0.3, 0.4) is 0 Å². The van der Waals surface area contributed by atoms with Crippen LogP contribution in [0.4, 0.5) is 10.1 Å². The third kappa shape index (κ3) is 3.05. The summed E-state index contributed by atoms with van der Waals surface area (Å²) in [6, 6.07) is 4.82. The fourth-order valence-electron chi connectivity index (χ4n) is 1.36. The number of rotatable bonds is 3. The van der Waals surface area contributed by atoms with Crippen LogP contribution in [0.5, 0.6) is 0 Å². The molecular formula is C13H18FNO. The van der Waals surface area contributed by atoms with E-state index in [0.29, 0.717) is 11.3 Å². The van der Waals surface area contributed by atoms with Crippen molar-refractivity contribution in [2.75, 3.05) is 5.32 Å². The first-order chi connectivity index (χ1) is 7.41. The SMILES string of the molecule is CC(C)C(=O)Nc1ccc(C(C)C)c(F)c1. The number of hydrogen-bond acceptors (Lipinski definition) is 1. The number of anilines is 1. The molecule has 0 atom stereocenters. The summed E-state index contributed by atoms with van der Waals surface area (Å²) in [5.41, 5.74) is 1.18. The Bertz CT molecular complexity index is 386. The Morgan fingerprint density at radius 3 is 2.31 bits per heavy atom. The van der Waals surface area contributed by atoms with Crippen LogP contribution in [0, 0.1) is 11.7 Å². The van der Waals surface area contributed by atoms with Crippen molar-refractivity contribution in [3.8, 4) is 0 Å². The van der Waals surface area contributed by atoms with E-state index in [1.807, 2.05) is 13.8 Å². The van der Waals surface area contributed by atoms with Gasteiger partial charge in [0.2, 0.25) is 5.91 Å². The Balaban J connectivity index is 2.85. The molecule has 0 heterocycles. The number of carbonyl (C=O) groups excluding carboxylic acids is 1. The predicted octanol–water partition coefficient (Wildman–Crippen LogP) is 3.54. The molecule has 88 valence electrons. The van der Waals surface area contributed by atoms with Crippen molar-refractivity contribution < 1.29 is 9.18 Å². The molecule has 0 unspecified atom stereocenters. The minimum atomic E-state index is -0.267. The fourth-order valence-corrected chi connectivity index (χ4v) is 1.36. The zero-order chi connectivity index (χ0) is 12.3. The van der Waals surface area contributed by atoms with Gasteiger partial charge in [-0.2, -0.15) is 0 Å². The van der Waals surface area contributed by atoms with Crippen LogP contribution >= 0.6 is 0 Å². The number of halogens is 1. The van der Waals surface area contributed by atoms with E-state index >= 15 is 0 Å². The topological polar surface area (TPSA) is 29.1 Å². The zero-order valence-corrected chi connectivity index (χ0v) is 10.2. The highest BCUT2D eigenvalue weighted by molar-refractivity contribution is 5.92. The molecule has 0 aliphatic rings. The number of amides is 1. The lowest BCUT2D eigenvalue weighted by molar-refractivity contribution is -0.118. The van der Waals surface area contributed by atoms with Crippen molar-refractivity contribution in [3.05, 3.63) is 29.6 Å². The third-order valence-corrected chi connectivity index (χ3v) is 2.41. The van der Waals surface area contributed by atoms with E-state index in [9.17, 15) is 9.18 Å². The smallest absolute Gasteiger partial charge is 0.226 e. The van der Waals surface area contributed by atoms with E-state index in [1.54, 1.807) is 26.0 Å². The number of carbonyl (C=O) groups is 1. The second kappa shape index (κ2) is 5.10. The molecule has 1 aromatic rings. The maximum atomic E-state index is 13.6. The average Bonchev–Trinajstić information content (AvgIpc) is 2.16. The molecule has 0 saturated carbocycles. The number of hydrogen-bond donors (Lipinski definition) is 1. The summed E-state index contributed by atoms with van der Waals surface area (Å²) in [4.78, 5) is 11.4. The van der Waals surface area contributed by atoms with E-state index in [0.717, 1.165) is 0 Å². The second-order valence-corrected chi connectivity index (χ2v) is 4.53. The van der Waals surface area contributed by atoms with E-state index in [-0.39, 0.29) is 23.6 Å². The first-order valence-corrected chi connectivity index (χ1v) is 5.52. The molecule has 16 heavy (non-hydrogen) atoms. The monoisotopic (exact) mass is 223 g/mol. The van der Waals surface area contributed by atoms with Gasteiger partial charge in [-0.05, 0) is 23.6 Å². The minimum absolute atomic E-state index is 0.100. The molecule has 0 aliphatic heterocycles. The first-order valence-electron chi connectivity index (χ1n) is 5.52. The summed E-state index contributed by atoms with van der Waals surface area (Å²) in [7, 11) is 0. The van der Waals surface area contributed by atoms with Crippen LogP contribution < -0.4 is 5.32 Å². The van der Waals surface area contributed by atoms with Gasteiger partial charge >= 0.3 is 0 Å². The van der Waals surface area contributed by atoms with Gasteiger partial charge in [-0.25, -0.2) is 4.39 Å². The van der Waals surface area contributed by atoms with Gasteiger partial charge in [-0.15, -0.1) is 0 Å². The van der Waals surface area contributed by atoms with Gasteiger partial charge in [0.1, 0.15) is 5.82 Å². The minimum Gasteiger partial charge on any atom is -0.326 e. The molecule has 2 nitrogen and oxygen atoms in total. The highest BCUT2D eigenvalue weighted by Gasteiger charge is 2.10. The quantitative estimate of drug-likeness (QED) is 0.834. The van der Waals surface area contributed by atoms with Crippen molar-refractivity contribution in [1.82, 2.24) is 0 Å². The van der Waals surface area contributed by atoms with Crippen LogP contribution in [-0.4, -0.2) is 5.91 Å². The second-order valence-electron chi connectivity index (χ2n) is 4.53. The lowest BCUT2D eigenvalue weighted by atomic mass is 10.0. The molecule has 0 spiro atoms. The standard InChI is InChI=1S/C13H18FNO/c1-8(2)11-6-5-10(7-12(11)14)15-13(16)9(3)4/h5-9H,1-4H3,(H,15,16). The summed E-state index contributed by atoms with van der Waals surface area (Å²) >= 11 is 0. The molecule has 1 N–H and O–H groups in total. The fraction of sp³-hybridized carbons (Fsp3) is 0.462. The molecule has 1 aromatic carbocycles. The van der Waals surface area contributed by atoms with Gasteiger partial charge in [0, 0.05) is 11.6 Å². The molecule has 1 rings (SSSR count). The maximum absolute atomic E-state index is 13.6. The molecule has 1 amide bonds. The molecular weight excluding hydrogens is 205 g/mol. The normalized spacial score (nSPS) is 10.9. The molecule has 0 radical (unpaired) electrons. The Kier molecular flexibility index (Phi) is 4.05. The molecule has 0 saturated heterocycles. The van der Waals surface area contributed by atoms with Crippen LogP contribution in [0.15, 0.2) is 18.2 Å². The lowest BCUT2D eigenvalue weighted by Crippen LogP contribution is -2.17. The van der Waals surface area contributed by atoms with Gasteiger partial charge in [-0.1, -0.05) is 33.8 Å². The van der Waals surface area contributed by atoms with E-state index in [2.05, 4.69) is 5.32 Å². The Morgan fingerprint density at radius 1 is 1.25 bits per heavy atom. The highest BCUT2D eigenvalue weighted by Crippen LogP contribution is 2.21. The average molecular weight is 223 g/mol. The summed E-state index contributed by atoms with van der Waals surface area (Å²) in [6.45, 7) is 7.47. The van der Waals surface area contributed by atoms with Gasteiger partial charge in [-0.3, -0.25) is 4.79 Å². The van der Waals surface area contributed by atoms with Crippen molar-refractivity contribution in [2.45, 2.75) is 33.6 Å². The van der Waals surface area contributed by atoms with Crippen molar-refractivity contribution in [2.24, 2.45) is 5.92 Å². The Hall–Kier alpha value is -1.38. The predicted molar refractivity (Wildman–Crippen MR) is 64.0 cm³/mol. The van der Waals surface area contributed by atoms with Crippen molar-refractivity contribution >= 4 is 11.6 Å². The molecule has 3 heteroatoms. The van der Waals surface area contributed by atoms with Gasteiger partial charge in [0.05, 0.1) is 0 Å². The molecule has 0 aromatic heterocycles. The Morgan fingerprint density at radius 2 is 1.88 bits per heavy atom. The summed E-state index contributed by atoms with van der Waals surface area (Å²) < 4.78 is 13.6. The summed E-state index contributed by atoms with van der Waals surface area (Å²) in [5.74, 6) is -0.323. The molecule has 0 aliphatic carbocycles. The van der Waals surface area contributed by atoms with E-state index in [1.165, 1.54) is 6.07 Å². The Labute approximate surface area is 95.9 Å². The zero-order valence-electron chi connectivity index (χ0n) is 10.2. The highest BCUT2D eigenvalue weighted by atomic mass is 19.1. The van der Waals surface area contributed by atoms with Crippen molar-refractivity contribution in [3.63, 3.8) is 0 Å². The summed E-state index contributed by atoms with van der Waals surface area (Å²) in [6.07, 6.45) is 0. The van der Waals surface area contributed by atoms with Crippen LogP contribution in [0.25, 0.3) is 0 Å². The van der Waals surface area contributed by atoms with Crippen molar-refractivity contribution in [1.29, 1.82) is 0 Å². The van der Waals surface area contributed by atoms with Crippen LogP contribution in [0.1, 0.15) is 39.2 Å². The maximum Gasteiger partial charge on any atom is 0.226 e. The van der Waals surface area contributed by atoms with Gasteiger partial charge in [0.15, 0.2) is 0 Å². The number of benzene rings is 1. The van der Waals surface area contributed by atoms with Crippen LogP contribution in [-0.2, 0) is 4.79 Å². The van der Waals surface area contributed by atoms with Crippen LogP contribution in [0.2, 0.25) is 0 Å².